The molecule has 0 saturated carbocycles. The Bertz CT molecular complexity index is 970. The molecule has 0 aliphatic carbocycles. The number of hydrogen-bond donors (Lipinski definition) is 1. The molecule has 2 aromatic carbocycles. The molecule has 0 aliphatic heterocycles. The first-order valence-electron chi connectivity index (χ1n) is 10.7. The molecule has 0 bridgehead atoms. The van der Waals surface area contributed by atoms with Gasteiger partial charge in [-0.05, 0) is 70.4 Å². The van der Waals surface area contributed by atoms with E-state index < -0.39 is 11.6 Å². The Labute approximate surface area is 201 Å². The smallest absolute Gasteiger partial charge is 0.261 e. The van der Waals surface area contributed by atoms with E-state index in [2.05, 4.69) is 5.32 Å². The van der Waals surface area contributed by atoms with Crippen molar-refractivity contribution < 1.29 is 14.3 Å². The lowest BCUT2D eigenvalue weighted by Crippen LogP contribution is -2.54. The minimum absolute atomic E-state index is 0.168. The van der Waals surface area contributed by atoms with Crippen LogP contribution in [0.25, 0.3) is 0 Å². The van der Waals surface area contributed by atoms with Crippen molar-refractivity contribution in [2.45, 2.75) is 66.1 Å². The number of ether oxygens (including phenoxy) is 1. The number of rotatable bonds is 8. The normalized spacial score (nSPS) is 12.2. The van der Waals surface area contributed by atoms with Crippen molar-refractivity contribution in [2.75, 3.05) is 6.61 Å². The van der Waals surface area contributed by atoms with E-state index in [9.17, 15) is 9.59 Å². The molecule has 0 unspecified atom stereocenters. The first-order chi connectivity index (χ1) is 14.9. The highest BCUT2D eigenvalue weighted by Gasteiger charge is 2.31. The quantitative estimate of drug-likeness (QED) is 0.528. The zero-order chi connectivity index (χ0) is 24.1. The molecule has 2 amide bonds. The number of carbonyl (C=O) groups excluding carboxylic acids is 2. The molecule has 1 atom stereocenters. The molecule has 0 fully saturated rings. The van der Waals surface area contributed by atoms with Crippen LogP contribution >= 0.6 is 23.2 Å². The first-order valence-corrected chi connectivity index (χ1v) is 11.4. The van der Waals surface area contributed by atoms with Gasteiger partial charge in [-0.3, -0.25) is 9.59 Å². The van der Waals surface area contributed by atoms with E-state index in [-0.39, 0.29) is 25.0 Å². The van der Waals surface area contributed by atoms with Gasteiger partial charge in [0.15, 0.2) is 6.61 Å². The van der Waals surface area contributed by atoms with Crippen molar-refractivity contribution in [3.63, 3.8) is 0 Å². The SMILES string of the molecule is CC[C@H](C(=O)NC(C)(C)C)N(Cc1ccc(Cl)cc1Cl)C(=O)COc1ccc(C)cc1C. The summed E-state index contributed by atoms with van der Waals surface area (Å²) in [5.41, 5.74) is 2.35. The molecular weight excluding hydrogens is 447 g/mol. The maximum Gasteiger partial charge on any atom is 0.261 e. The Morgan fingerprint density at radius 2 is 1.78 bits per heavy atom. The van der Waals surface area contributed by atoms with Gasteiger partial charge in [0, 0.05) is 22.1 Å². The third kappa shape index (κ3) is 7.42. The summed E-state index contributed by atoms with van der Waals surface area (Å²) in [5.74, 6) is 0.123. The van der Waals surface area contributed by atoms with Gasteiger partial charge in [-0.1, -0.05) is 53.9 Å². The van der Waals surface area contributed by atoms with E-state index in [1.807, 2.05) is 59.7 Å². The van der Waals surface area contributed by atoms with Gasteiger partial charge in [0.1, 0.15) is 11.8 Å². The number of benzene rings is 2. The summed E-state index contributed by atoms with van der Waals surface area (Å²) in [6.45, 7) is 11.5. The summed E-state index contributed by atoms with van der Waals surface area (Å²) in [6.07, 6.45) is 0.447. The molecule has 0 saturated heterocycles. The van der Waals surface area contributed by atoms with Crippen LogP contribution in [0.3, 0.4) is 0 Å². The molecule has 5 nitrogen and oxygen atoms in total. The fourth-order valence-electron chi connectivity index (χ4n) is 3.39. The van der Waals surface area contributed by atoms with Crippen LogP contribution in [0.4, 0.5) is 0 Å². The molecule has 2 rings (SSSR count). The lowest BCUT2D eigenvalue weighted by molar-refractivity contribution is -0.143. The Kier molecular flexibility index (Phi) is 8.99. The van der Waals surface area contributed by atoms with E-state index in [1.54, 1.807) is 18.2 Å². The summed E-state index contributed by atoms with van der Waals surface area (Å²) in [7, 11) is 0. The van der Waals surface area contributed by atoms with E-state index in [4.69, 9.17) is 27.9 Å². The van der Waals surface area contributed by atoms with Crippen LogP contribution in [-0.2, 0) is 16.1 Å². The summed E-state index contributed by atoms with van der Waals surface area (Å²) in [6, 6.07) is 10.2. The lowest BCUT2D eigenvalue weighted by atomic mass is 10.1. The molecule has 7 heteroatoms. The fourth-order valence-corrected chi connectivity index (χ4v) is 3.86. The average Bonchev–Trinajstić information content (AvgIpc) is 2.67. The molecule has 32 heavy (non-hydrogen) atoms. The second-order valence-electron chi connectivity index (χ2n) is 8.98. The molecule has 2 aromatic rings. The standard InChI is InChI=1S/C25H32Cl2N2O3/c1-7-21(24(31)28-25(4,5)6)29(14-18-9-10-19(26)13-20(18)27)23(30)15-32-22-11-8-16(2)12-17(22)3/h8-13,21H,7,14-15H2,1-6H3,(H,28,31)/t21-/m1/s1. The minimum Gasteiger partial charge on any atom is -0.483 e. The van der Waals surface area contributed by atoms with Gasteiger partial charge >= 0.3 is 0 Å². The van der Waals surface area contributed by atoms with Crippen molar-refractivity contribution in [1.29, 1.82) is 0 Å². The second kappa shape index (κ2) is 11.1. The first kappa shape index (κ1) is 26.0. The van der Waals surface area contributed by atoms with Crippen molar-refractivity contribution in [3.8, 4) is 5.75 Å². The summed E-state index contributed by atoms with van der Waals surface area (Å²) < 4.78 is 5.82. The summed E-state index contributed by atoms with van der Waals surface area (Å²) in [5, 5.41) is 3.92. The number of nitrogens with one attached hydrogen (secondary N) is 1. The Balaban J connectivity index is 2.30. The number of aryl methyl sites for hydroxylation is 2. The van der Waals surface area contributed by atoms with Crippen molar-refractivity contribution in [2.24, 2.45) is 0 Å². The van der Waals surface area contributed by atoms with Crippen LogP contribution in [-0.4, -0.2) is 34.9 Å². The van der Waals surface area contributed by atoms with Gasteiger partial charge < -0.3 is 15.0 Å². The number of hydrogen-bond acceptors (Lipinski definition) is 3. The van der Waals surface area contributed by atoms with Crippen LogP contribution < -0.4 is 10.1 Å². The van der Waals surface area contributed by atoms with Crippen LogP contribution in [0.1, 0.15) is 50.8 Å². The highest BCUT2D eigenvalue weighted by atomic mass is 35.5. The number of carbonyl (C=O) groups is 2. The predicted octanol–water partition coefficient (Wildman–Crippen LogP) is 5.71. The van der Waals surface area contributed by atoms with Crippen LogP contribution in [0.15, 0.2) is 36.4 Å². The Morgan fingerprint density at radius 3 is 2.34 bits per heavy atom. The lowest BCUT2D eigenvalue weighted by Gasteiger charge is -2.33. The van der Waals surface area contributed by atoms with E-state index >= 15 is 0 Å². The monoisotopic (exact) mass is 478 g/mol. The highest BCUT2D eigenvalue weighted by Crippen LogP contribution is 2.24. The van der Waals surface area contributed by atoms with Crippen LogP contribution in [0, 0.1) is 13.8 Å². The molecule has 0 radical (unpaired) electrons. The molecule has 1 N–H and O–H groups in total. The molecule has 174 valence electrons. The number of halogens is 2. The molecule has 0 heterocycles. The largest absolute Gasteiger partial charge is 0.483 e. The third-order valence-corrected chi connectivity index (χ3v) is 5.51. The van der Waals surface area contributed by atoms with E-state index in [0.29, 0.717) is 27.8 Å². The topological polar surface area (TPSA) is 58.6 Å². The fraction of sp³-hybridized carbons (Fsp3) is 0.440. The van der Waals surface area contributed by atoms with Gasteiger partial charge in [-0.25, -0.2) is 0 Å². The Morgan fingerprint density at radius 1 is 1.09 bits per heavy atom. The molecular formula is C25H32Cl2N2O3. The highest BCUT2D eigenvalue weighted by molar-refractivity contribution is 6.35. The maximum absolute atomic E-state index is 13.3. The zero-order valence-electron chi connectivity index (χ0n) is 19.6. The van der Waals surface area contributed by atoms with Crippen molar-refractivity contribution in [1.82, 2.24) is 10.2 Å². The van der Waals surface area contributed by atoms with E-state index in [1.165, 1.54) is 4.90 Å². The zero-order valence-corrected chi connectivity index (χ0v) is 21.1. The summed E-state index contributed by atoms with van der Waals surface area (Å²) in [4.78, 5) is 27.9. The number of nitrogens with zero attached hydrogens (tertiary/aromatic N) is 1. The van der Waals surface area contributed by atoms with Gasteiger partial charge in [0.25, 0.3) is 5.91 Å². The maximum atomic E-state index is 13.3. The van der Waals surface area contributed by atoms with E-state index in [0.717, 1.165) is 11.1 Å². The van der Waals surface area contributed by atoms with Gasteiger partial charge in [-0.15, -0.1) is 0 Å². The van der Waals surface area contributed by atoms with Crippen LogP contribution in [0.2, 0.25) is 10.0 Å². The van der Waals surface area contributed by atoms with Crippen molar-refractivity contribution >= 4 is 35.0 Å². The molecule has 0 aliphatic rings. The average molecular weight is 479 g/mol. The predicted molar refractivity (Wildman–Crippen MR) is 130 cm³/mol. The molecule has 0 spiro atoms. The second-order valence-corrected chi connectivity index (χ2v) is 9.82. The van der Waals surface area contributed by atoms with Gasteiger partial charge in [0.05, 0.1) is 0 Å². The third-order valence-electron chi connectivity index (χ3n) is 4.92. The van der Waals surface area contributed by atoms with Crippen molar-refractivity contribution in [3.05, 3.63) is 63.1 Å². The van der Waals surface area contributed by atoms with Gasteiger partial charge in [0.2, 0.25) is 5.91 Å². The summed E-state index contributed by atoms with van der Waals surface area (Å²) >= 11 is 12.4. The number of amides is 2. The molecule has 0 aromatic heterocycles. The van der Waals surface area contributed by atoms with Crippen LogP contribution in [0.5, 0.6) is 5.75 Å². The van der Waals surface area contributed by atoms with Gasteiger partial charge in [-0.2, -0.15) is 0 Å². The Hall–Kier alpha value is -2.24. The minimum atomic E-state index is -0.670.